The zero-order valence-electron chi connectivity index (χ0n) is 12.1. The molecular weight excluding hydrogens is 284 g/mol. The van der Waals surface area contributed by atoms with E-state index < -0.39 is 4.92 Å². The first-order chi connectivity index (χ1) is 10.5. The van der Waals surface area contributed by atoms with Gasteiger partial charge < -0.3 is 5.32 Å². The summed E-state index contributed by atoms with van der Waals surface area (Å²) in [5, 5.41) is 18.1. The van der Waals surface area contributed by atoms with Crippen molar-refractivity contribution >= 4 is 17.4 Å². The molecule has 112 valence electrons. The lowest BCUT2D eigenvalue weighted by Crippen LogP contribution is -2.02. The van der Waals surface area contributed by atoms with Crippen LogP contribution in [0.5, 0.6) is 0 Å². The average molecular weight is 298 g/mol. The van der Waals surface area contributed by atoms with E-state index in [0.717, 1.165) is 17.0 Å². The number of benzene rings is 1. The Balaban J connectivity index is 1.81. The molecule has 0 atom stereocenters. The number of nitro benzene ring substituents is 1. The van der Waals surface area contributed by atoms with E-state index in [1.807, 2.05) is 26.0 Å². The van der Waals surface area contributed by atoms with Gasteiger partial charge in [0.2, 0.25) is 5.95 Å². The molecule has 8 nitrogen and oxygen atoms in total. The minimum Gasteiger partial charge on any atom is -0.349 e. The molecule has 0 spiro atoms. The van der Waals surface area contributed by atoms with Gasteiger partial charge in [0.05, 0.1) is 4.92 Å². The number of nitrogens with zero attached hydrogens (tertiary/aromatic N) is 5. The fourth-order valence-corrected chi connectivity index (χ4v) is 2.20. The molecule has 0 saturated carbocycles. The Kier molecular flexibility index (Phi) is 3.42. The number of non-ortho nitro benzene ring substituents is 1. The predicted molar refractivity (Wildman–Crippen MR) is 80.7 cm³/mol. The Morgan fingerprint density at radius 2 is 2.09 bits per heavy atom. The van der Waals surface area contributed by atoms with Gasteiger partial charge in [0.25, 0.3) is 11.5 Å². The highest BCUT2D eigenvalue weighted by atomic mass is 16.6. The standard InChI is InChI=1S/C14H14N6O2/c1-9-6-10(2)19-14(16-9)17-13(18-19)15-8-11-4-3-5-12(7-11)20(21)22/h3-7H,8H2,1-2H3,(H,15,18). The minimum absolute atomic E-state index is 0.0652. The third kappa shape index (κ3) is 2.71. The molecule has 0 amide bonds. The van der Waals surface area contributed by atoms with E-state index in [4.69, 9.17) is 0 Å². The molecule has 0 saturated heterocycles. The van der Waals surface area contributed by atoms with Crippen LogP contribution in [-0.4, -0.2) is 24.5 Å². The van der Waals surface area contributed by atoms with Crippen LogP contribution >= 0.6 is 0 Å². The molecule has 0 fully saturated rings. The Labute approximate surface area is 126 Å². The van der Waals surface area contributed by atoms with Gasteiger partial charge in [-0.2, -0.15) is 9.50 Å². The molecule has 0 radical (unpaired) electrons. The number of aromatic nitrogens is 4. The van der Waals surface area contributed by atoms with Gasteiger partial charge in [0.1, 0.15) is 0 Å². The Morgan fingerprint density at radius 1 is 1.27 bits per heavy atom. The van der Waals surface area contributed by atoms with Crippen molar-refractivity contribution in [2.45, 2.75) is 20.4 Å². The quantitative estimate of drug-likeness (QED) is 0.586. The number of nitrogens with one attached hydrogen (secondary N) is 1. The zero-order chi connectivity index (χ0) is 15.7. The van der Waals surface area contributed by atoms with Crippen molar-refractivity contribution in [1.29, 1.82) is 0 Å². The van der Waals surface area contributed by atoms with Gasteiger partial charge in [-0.15, -0.1) is 5.10 Å². The van der Waals surface area contributed by atoms with Gasteiger partial charge in [0, 0.05) is 30.1 Å². The summed E-state index contributed by atoms with van der Waals surface area (Å²) in [5.74, 6) is 0.965. The van der Waals surface area contributed by atoms with Crippen LogP contribution < -0.4 is 5.32 Å². The van der Waals surface area contributed by atoms with Crippen molar-refractivity contribution in [1.82, 2.24) is 19.6 Å². The van der Waals surface area contributed by atoms with Gasteiger partial charge in [-0.25, -0.2) is 4.98 Å². The number of aryl methyl sites for hydroxylation is 2. The Bertz CT molecular complexity index is 858. The van der Waals surface area contributed by atoms with Crippen molar-refractivity contribution in [3.05, 3.63) is 57.4 Å². The summed E-state index contributed by atoms with van der Waals surface area (Å²) in [7, 11) is 0. The Hall–Kier alpha value is -3.03. The lowest BCUT2D eigenvalue weighted by atomic mass is 10.2. The summed E-state index contributed by atoms with van der Waals surface area (Å²) in [6, 6.07) is 8.37. The Morgan fingerprint density at radius 3 is 2.86 bits per heavy atom. The fraction of sp³-hybridized carbons (Fsp3) is 0.214. The fourth-order valence-electron chi connectivity index (χ4n) is 2.20. The normalized spacial score (nSPS) is 10.8. The van der Waals surface area contributed by atoms with Gasteiger partial charge in [-0.1, -0.05) is 12.1 Å². The summed E-state index contributed by atoms with van der Waals surface area (Å²) in [6.45, 7) is 4.23. The third-order valence-electron chi connectivity index (χ3n) is 3.19. The summed E-state index contributed by atoms with van der Waals surface area (Å²) in [6.07, 6.45) is 0. The summed E-state index contributed by atoms with van der Waals surface area (Å²) in [5.41, 5.74) is 2.67. The number of anilines is 1. The van der Waals surface area contributed by atoms with E-state index in [1.54, 1.807) is 10.6 Å². The van der Waals surface area contributed by atoms with Gasteiger partial charge >= 0.3 is 0 Å². The maximum Gasteiger partial charge on any atom is 0.269 e. The maximum absolute atomic E-state index is 10.8. The molecule has 3 aromatic rings. The zero-order valence-corrected chi connectivity index (χ0v) is 12.1. The number of hydrogen-bond donors (Lipinski definition) is 1. The maximum atomic E-state index is 10.8. The molecule has 0 aliphatic carbocycles. The number of nitro groups is 1. The van der Waals surface area contributed by atoms with Crippen LogP contribution in [0.15, 0.2) is 30.3 Å². The molecule has 1 aromatic carbocycles. The molecule has 0 unspecified atom stereocenters. The van der Waals surface area contributed by atoms with E-state index in [-0.39, 0.29) is 5.69 Å². The lowest BCUT2D eigenvalue weighted by molar-refractivity contribution is -0.384. The molecule has 8 heteroatoms. The van der Waals surface area contributed by atoms with Crippen molar-refractivity contribution in [3.8, 4) is 0 Å². The summed E-state index contributed by atoms with van der Waals surface area (Å²) in [4.78, 5) is 19.0. The van der Waals surface area contributed by atoms with Crippen LogP contribution in [0, 0.1) is 24.0 Å². The molecule has 0 aliphatic heterocycles. The number of rotatable bonds is 4. The topological polar surface area (TPSA) is 98.2 Å². The molecular formula is C14H14N6O2. The minimum atomic E-state index is -0.414. The monoisotopic (exact) mass is 298 g/mol. The van der Waals surface area contributed by atoms with E-state index in [1.165, 1.54) is 12.1 Å². The van der Waals surface area contributed by atoms with Crippen molar-refractivity contribution < 1.29 is 4.92 Å². The second-order valence-corrected chi connectivity index (χ2v) is 4.97. The highest BCUT2D eigenvalue weighted by Crippen LogP contribution is 2.14. The molecule has 1 N–H and O–H groups in total. The largest absolute Gasteiger partial charge is 0.349 e. The lowest BCUT2D eigenvalue weighted by Gasteiger charge is -2.01. The predicted octanol–water partition coefficient (Wildman–Crippen LogP) is 2.26. The number of fused-ring (bicyclic) bond motifs is 1. The summed E-state index contributed by atoms with van der Waals surface area (Å²) >= 11 is 0. The molecule has 0 bridgehead atoms. The van der Waals surface area contributed by atoms with E-state index >= 15 is 0 Å². The molecule has 3 rings (SSSR count). The van der Waals surface area contributed by atoms with Gasteiger partial charge in [-0.3, -0.25) is 10.1 Å². The highest BCUT2D eigenvalue weighted by Gasteiger charge is 2.09. The summed E-state index contributed by atoms with van der Waals surface area (Å²) < 4.78 is 1.66. The molecule has 22 heavy (non-hydrogen) atoms. The van der Waals surface area contributed by atoms with E-state index in [9.17, 15) is 10.1 Å². The van der Waals surface area contributed by atoms with Gasteiger partial charge in [-0.05, 0) is 25.5 Å². The molecule has 2 aromatic heterocycles. The van der Waals surface area contributed by atoms with Crippen molar-refractivity contribution in [3.63, 3.8) is 0 Å². The average Bonchev–Trinajstić information content (AvgIpc) is 2.88. The first-order valence-corrected chi connectivity index (χ1v) is 6.71. The molecule has 0 aliphatic rings. The smallest absolute Gasteiger partial charge is 0.269 e. The van der Waals surface area contributed by atoms with Crippen molar-refractivity contribution in [2.75, 3.05) is 5.32 Å². The van der Waals surface area contributed by atoms with Crippen LogP contribution in [0.4, 0.5) is 11.6 Å². The second kappa shape index (κ2) is 5.40. The first-order valence-electron chi connectivity index (χ1n) is 6.71. The molecule has 2 heterocycles. The van der Waals surface area contributed by atoms with Crippen LogP contribution in [0.2, 0.25) is 0 Å². The van der Waals surface area contributed by atoms with Gasteiger partial charge in [0.15, 0.2) is 0 Å². The third-order valence-corrected chi connectivity index (χ3v) is 3.19. The van der Waals surface area contributed by atoms with Crippen LogP contribution in [-0.2, 0) is 6.54 Å². The SMILES string of the molecule is Cc1cc(C)n2nc(NCc3cccc([N+](=O)[O-])c3)nc2n1. The van der Waals surface area contributed by atoms with Crippen LogP contribution in [0.3, 0.4) is 0 Å². The highest BCUT2D eigenvalue weighted by molar-refractivity contribution is 5.40. The van der Waals surface area contributed by atoms with E-state index in [0.29, 0.717) is 18.3 Å². The second-order valence-electron chi connectivity index (χ2n) is 4.97. The van der Waals surface area contributed by atoms with Crippen LogP contribution in [0.1, 0.15) is 17.0 Å². The van der Waals surface area contributed by atoms with E-state index in [2.05, 4.69) is 20.4 Å². The number of hydrogen-bond acceptors (Lipinski definition) is 6. The first kappa shape index (κ1) is 13.9. The van der Waals surface area contributed by atoms with Crippen LogP contribution in [0.25, 0.3) is 5.78 Å². The van der Waals surface area contributed by atoms with Crippen molar-refractivity contribution in [2.24, 2.45) is 0 Å².